The molecule has 0 aliphatic rings. The minimum atomic E-state index is -0.701. The zero-order chi connectivity index (χ0) is 18.2. The minimum Gasteiger partial charge on any atom is -0.482 e. The van der Waals surface area contributed by atoms with Gasteiger partial charge in [-0.15, -0.1) is 0 Å². The molecule has 0 saturated carbocycles. The van der Waals surface area contributed by atoms with Gasteiger partial charge in [0, 0.05) is 0 Å². The van der Waals surface area contributed by atoms with Crippen LogP contribution in [0.15, 0.2) is 41.0 Å². The van der Waals surface area contributed by atoms with Crippen LogP contribution in [0, 0.1) is 13.8 Å². The van der Waals surface area contributed by atoms with E-state index in [9.17, 15) is 14.4 Å². The summed E-state index contributed by atoms with van der Waals surface area (Å²) in [5.41, 5.74) is 6.19. The minimum absolute atomic E-state index is 0.0409. The Morgan fingerprint density at radius 3 is 2.56 bits per heavy atom. The average Bonchev–Trinajstić information content (AvgIpc) is 3.13. The molecule has 0 fully saturated rings. The van der Waals surface area contributed by atoms with E-state index in [1.54, 1.807) is 6.07 Å². The van der Waals surface area contributed by atoms with Gasteiger partial charge in [-0.1, -0.05) is 12.1 Å². The fourth-order valence-electron chi connectivity index (χ4n) is 1.84. The van der Waals surface area contributed by atoms with E-state index in [-0.39, 0.29) is 12.4 Å². The predicted octanol–water partition coefficient (Wildman–Crippen LogP) is 1.28. The summed E-state index contributed by atoms with van der Waals surface area (Å²) < 4.78 is 15.0. The maximum Gasteiger partial charge on any atom is 0.344 e. The van der Waals surface area contributed by atoms with Gasteiger partial charge in [0.2, 0.25) is 0 Å². The van der Waals surface area contributed by atoms with Crippen LogP contribution < -0.4 is 15.6 Å². The molecule has 2 amide bonds. The van der Waals surface area contributed by atoms with E-state index in [0.717, 1.165) is 11.1 Å². The molecule has 1 heterocycles. The van der Waals surface area contributed by atoms with E-state index in [1.165, 1.54) is 18.4 Å². The number of aryl methyl sites for hydroxylation is 1. The van der Waals surface area contributed by atoms with Gasteiger partial charge in [0.25, 0.3) is 5.91 Å². The molecular weight excluding hydrogens is 328 g/mol. The second-order valence-corrected chi connectivity index (χ2v) is 5.13. The maximum atomic E-state index is 11.6. The zero-order valence-electron chi connectivity index (χ0n) is 13.8. The van der Waals surface area contributed by atoms with Gasteiger partial charge in [-0.05, 0) is 43.2 Å². The van der Waals surface area contributed by atoms with E-state index in [1.807, 2.05) is 26.0 Å². The van der Waals surface area contributed by atoms with Gasteiger partial charge in [0.15, 0.2) is 19.0 Å². The quantitative estimate of drug-likeness (QED) is 0.603. The predicted molar refractivity (Wildman–Crippen MR) is 86.7 cm³/mol. The number of carbonyl (C=O) groups excluding carboxylic acids is 3. The highest BCUT2D eigenvalue weighted by molar-refractivity contribution is 5.93. The number of carbonyl (C=O) groups is 3. The molecule has 8 nitrogen and oxygen atoms in total. The third-order valence-corrected chi connectivity index (χ3v) is 3.33. The molecule has 0 bridgehead atoms. The van der Waals surface area contributed by atoms with Crippen LogP contribution in [0.1, 0.15) is 21.7 Å². The molecule has 0 atom stereocenters. The SMILES string of the molecule is Cc1cccc(OCC(=O)OCC(=O)NNC(=O)c2ccco2)c1C. The lowest BCUT2D eigenvalue weighted by molar-refractivity contribution is -0.150. The molecule has 0 unspecified atom stereocenters. The largest absolute Gasteiger partial charge is 0.482 e. The van der Waals surface area contributed by atoms with Crippen LogP contribution in [0.4, 0.5) is 0 Å². The van der Waals surface area contributed by atoms with E-state index < -0.39 is 24.4 Å². The molecule has 1 aromatic heterocycles. The van der Waals surface area contributed by atoms with E-state index in [4.69, 9.17) is 13.9 Å². The van der Waals surface area contributed by atoms with Gasteiger partial charge >= 0.3 is 11.9 Å². The highest BCUT2D eigenvalue weighted by Crippen LogP contribution is 2.20. The molecule has 2 rings (SSSR count). The average molecular weight is 346 g/mol. The number of hydrogen-bond acceptors (Lipinski definition) is 6. The number of nitrogens with one attached hydrogen (secondary N) is 2. The third kappa shape index (κ3) is 5.38. The van der Waals surface area contributed by atoms with Crippen LogP contribution in [0.25, 0.3) is 0 Å². The van der Waals surface area contributed by atoms with Crippen molar-refractivity contribution in [2.24, 2.45) is 0 Å². The Hall–Kier alpha value is -3.29. The highest BCUT2D eigenvalue weighted by atomic mass is 16.6. The van der Waals surface area contributed by atoms with Crippen molar-refractivity contribution in [2.45, 2.75) is 13.8 Å². The molecule has 0 saturated heterocycles. The van der Waals surface area contributed by atoms with Crippen molar-refractivity contribution in [1.82, 2.24) is 10.9 Å². The maximum absolute atomic E-state index is 11.6. The van der Waals surface area contributed by atoms with Crippen LogP contribution >= 0.6 is 0 Å². The molecule has 8 heteroatoms. The number of benzene rings is 1. The van der Waals surface area contributed by atoms with Crippen LogP contribution in [-0.4, -0.2) is 31.0 Å². The van der Waals surface area contributed by atoms with Crippen molar-refractivity contribution in [3.63, 3.8) is 0 Å². The van der Waals surface area contributed by atoms with Crippen molar-refractivity contribution in [3.05, 3.63) is 53.5 Å². The second-order valence-electron chi connectivity index (χ2n) is 5.13. The smallest absolute Gasteiger partial charge is 0.344 e. The summed E-state index contributed by atoms with van der Waals surface area (Å²) in [7, 11) is 0. The van der Waals surface area contributed by atoms with Crippen LogP contribution in [0.2, 0.25) is 0 Å². The summed E-state index contributed by atoms with van der Waals surface area (Å²) in [5, 5.41) is 0. The molecule has 1 aromatic carbocycles. The number of hydrogen-bond donors (Lipinski definition) is 2. The zero-order valence-corrected chi connectivity index (χ0v) is 13.8. The summed E-state index contributed by atoms with van der Waals surface area (Å²) in [6.45, 7) is 2.94. The first-order valence-corrected chi connectivity index (χ1v) is 7.44. The number of furan rings is 1. The molecule has 2 N–H and O–H groups in total. The van der Waals surface area contributed by atoms with E-state index >= 15 is 0 Å². The monoisotopic (exact) mass is 346 g/mol. The topological polar surface area (TPSA) is 107 Å². The third-order valence-electron chi connectivity index (χ3n) is 3.33. The number of amides is 2. The summed E-state index contributed by atoms with van der Waals surface area (Å²) in [6, 6.07) is 8.47. The van der Waals surface area contributed by atoms with Crippen molar-refractivity contribution >= 4 is 17.8 Å². The number of ether oxygens (including phenoxy) is 2. The molecule has 0 radical (unpaired) electrons. The molecule has 132 valence electrons. The van der Waals surface area contributed by atoms with Gasteiger partial charge in [-0.25, -0.2) is 4.79 Å². The van der Waals surface area contributed by atoms with Crippen molar-refractivity contribution in [3.8, 4) is 5.75 Å². The summed E-state index contributed by atoms with van der Waals surface area (Å²) in [6.07, 6.45) is 1.33. The van der Waals surface area contributed by atoms with Gasteiger partial charge in [0.1, 0.15) is 5.75 Å². The number of hydrazine groups is 1. The van der Waals surface area contributed by atoms with E-state index in [2.05, 4.69) is 10.9 Å². The lowest BCUT2D eigenvalue weighted by atomic mass is 10.1. The highest BCUT2D eigenvalue weighted by Gasteiger charge is 2.12. The second kappa shape index (κ2) is 8.53. The van der Waals surface area contributed by atoms with Gasteiger partial charge in [-0.2, -0.15) is 0 Å². The fraction of sp³-hybridized carbons (Fsp3) is 0.235. The Kier molecular flexibility index (Phi) is 6.16. The lowest BCUT2D eigenvalue weighted by Gasteiger charge is -2.10. The number of esters is 1. The normalized spacial score (nSPS) is 10.0. The Bertz CT molecular complexity index is 755. The standard InChI is InChI=1S/C17H18N2O6/c1-11-5-3-6-13(12(11)2)24-10-16(21)25-9-15(20)18-19-17(22)14-7-4-8-23-14/h3-8H,9-10H2,1-2H3,(H,18,20)(H,19,22). The molecule has 0 aliphatic heterocycles. The Balaban J connectivity index is 1.68. The fourth-order valence-corrected chi connectivity index (χ4v) is 1.84. The lowest BCUT2D eigenvalue weighted by Crippen LogP contribution is -2.43. The Morgan fingerprint density at radius 1 is 1.04 bits per heavy atom. The molecule has 0 spiro atoms. The Labute approximate surface area is 144 Å². The number of rotatable bonds is 6. The van der Waals surface area contributed by atoms with Crippen LogP contribution in [-0.2, 0) is 14.3 Å². The summed E-state index contributed by atoms with van der Waals surface area (Å²) in [4.78, 5) is 34.7. The van der Waals surface area contributed by atoms with Crippen LogP contribution in [0.5, 0.6) is 5.75 Å². The first kappa shape index (κ1) is 18.1. The Morgan fingerprint density at radius 2 is 1.84 bits per heavy atom. The summed E-state index contributed by atoms with van der Waals surface area (Å²) >= 11 is 0. The van der Waals surface area contributed by atoms with Crippen molar-refractivity contribution in [2.75, 3.05) is 13.2 Å². The molecule has 2 aromatic rings. The molecular formula is C17H18N2O6. The van der Waals surface area contributed by atoms with E-state index in [0.29, 0.717) is 5.75 Å². The van der Waals surface area contributed by atoms with Gasteiger partial charge in [0.05, 0.1) is 6.26 Å². The molecule has 25 heavy (non-hydrogen) atoms. The molecule has 0 aliphatic carbocycles. The first-order chi connectivity index (χ1) is 12.0. The van der Waals surface area contributed by atoms with Crippen LogP contribution in [0.3, 0.4) is 0 Å². The van der Waals surface area contributed by atoms with Crippen molar-refractivity contribution in [1.29, 1.82) is 0 Å². The van der Waals surface area contributed by atoms with Gasteiger partial charge in [-0.3, -0.25) is 20.4 Å². The summed E-state index contributed by atoms with van der Waals surface area (Å²) in [5.74, 6) is -1.40. The van der Waals surface area contributed by atoms with Crippen molar-refractivity contribution < 1.29 is 28.3 Å². The first-order valence-electron chi connectivity index (χ1n) is 7.44. The van der Waals surface area contributed by atoms with Gasteiger partial charge < -0.3 is 13.9 Å².